The molecule has 2 heterocycles. The van der Waals surface area contributed by atoms with E-state index < -0.39 is 11.9 Å². The molecule has 2 aliphatic rings. The molecule has 0 saturated carbocycles. The van der Waals surface area contributed by atoms with Gasteiger partial charge in [-0.05, 0) is 118 Å². The van der Waals surface area contributed by atoms with Gasteiger partial charge in [0.1, 0.15) is 0 Å². The first kappa shape index (κ1) is 42.4. The largest absolute Gasteiger partial charge is 0.478 e. The van der Waals surface area contributed by atoms with Crippen LogP contribution in [0.4, 0.5) is 22.7 Å². The van der Waals surface area contributed by atoms with Crippen molar-refractivity contribution in [2.24, 2.45) is 0 Å². The van der Waals surface area contributed by atoms with E-state index in [4.69, 9.17) is 10.2 Å². The lowest BCUT2D eigenvalue weighted by molar-refractivity contribution is -0.134. The summed E-state index contributed by atoms with van der Waals surface area (Å²) in [5, 5.41) is 15.6. The van der Waals surface area contributed by atoms with E-state index in [2.05, 4.69) is 183 Å². The molecule has 4 aromatic carbocycles. The van der Waals surface area contributed by atoms with Gasteiger partial charge in [0.05, 0.1) is 35.1 Å². The van der Waals surface area contributed by atoms with Crippen LogP contribution in [-0.4, -0.2) is 124 Å². The number of carboxylic acid groups (broad SMARTS) is 2. The van der Waals surface area contributed by atoms with Crippen molar-refractivity contribution in [3.8, 4) is 0 Å². The van der Waals surface area contributed by atoms with Crippen molar-refractivity contribution in [3.63, 3.8) is 0 Å². The maximum absolute atomic E-state index is 9.55. The van der Waals surface area contributed by atoms with Crippen molar-refractivity contribution >= 4 is 58.2 Å². The standard InChI is InChI=1S/2C19H25N3S.C4H4O4/c2*1-20(2)14-13-19(21(3)4)22-15-9-5-7-11-17(15)23-18-12-8-6-10-16(18)22;5-3(6)1-2-4(7)8/h2*5-12,19H,13-14H2,1-4H3;1-2H,(H,5,6)(H,7,8). The smallest absolute Gasteiger partial charge is 0.328 e. The number of fused-ring (bicyclic) bond motifs is 4. The highest BCUT2D eigenvalue weighted by molar-refractivity contribution is 8.00. The van der Waals surface area contributed by atoms with Crippen LogP contribution in [0.25, 0.3) is 0 Å². The minimum atomic E-state index is -1.26. The van der Waals surface area contributed by atoms with E-state index in [-0.39, 0.29) is 0 Å². The molecule has 10 nitrogen and oxygen atoms in total. The average molecular weight is 771 g/mol. The fourth-order valence-electron chi connectivity index (χ4n) is 6.24. The monoisotopic (exact) mass is 770 g/mol. The van der Waals surface area contributed by atoms with Crippen LogP contribution >= 0.6 is 23.5 Å². The summed E-state index contributed by atoms with van der Waals surface area (Å²) < 4.78 is 0. The fourth-order valence-corrected chi connectivity index (χ4v) is 8.38. The predicted molar refractivity (Wildman–Crippen MR) is 224 cm³/mol. The molecule has 6 rings (SSSR count). The summed E-state index contributed by atoms with van der Waals surface area (Å²) >= 11 is 3.74. The maximum atomic E-state index is 9.55. The van der Waals surface area contributed by atoms with E-state index in [0.717, 1.165) is 25.9 Å². The van der Waals surface area contributed by atoms with Crippen LogP contribution in [0.1, 0.15) is 12.8 Å². The third kappa shape index (κ3) is 11.6. The van der Waals surface area contributed by atoms with Crippen molar-refractivity contribution in [2.75, 3.05) is 79.3 Å². The van der Waals surface area contributed by atoms with E-state index in [1.165, 1.54) is 42.3 Å². The van der Waals surface area contributed by atoms with Gasteiger partial charge in [0.25, 0.3) is 0 Å². The van der Waals surface area contributed by atoms with Crippen LogP contribution in [-0.2, 0) is 9.59 Å². The predicted octanol–water partition coefficient (Wildman–Crippen LogP) is 7.97. The Kier molecular flexibility index (Phi) is 16.0. The summed E-state index contributed by atoms with van der Waals surface area (Å²) in [5.74, 6) is -2.51. The van der Waals surface area contributed by atoms with Crippen molar-refractivity contribution < 1.29 is 19.8 Å². The molecule has 0 fully saturated rings. The van der Waals surface area contributed by atoms with Gasteiger partial charge < -0.3 is 29.8 Å². The highest BCUT2D eigenvalue weighted by Gasteiger charge is 2.31. The van der Waals surface area contributed by atoms with Gasteiger partial charge in [-0.25, -0.2) is 9.59 Å². The van der Waals surface area contributed by atoms with Crippen LogP contribution in [0.15, 0.2) is 129 Å². The van der Waals surface area contributed by atoms with Crippen LogP contribution < -0.4 is 9.80 Å². The molecule has 0 saturated heterocycles. The first-order chi connectivity index (χ1) is 25.8. The molecule has 0 radical (unpaired) electrons. The summed E-state index contributed by atoms with van der Waals surface area (Å²) in [7, 11) is 17.3. The van der Waals surface area contributed by atoms with Gasteiger partial charge in [0.2, 0.25) is 0 Å². The van der Waals surface area contributed by atoms with E-state index in [9.17, 15) is 9.59 Å². The molecule has 2 aliphatic heterocycles. The number of hydrogen-bond donors (Lipinski definition) is 2. The zero-order valence-corrected chi connectivity index (χ0v) is 34.2. The Hall–Kier alpha value is -4.30. The number of hydrogen-bond acceptors (Lipinski definition) is 10. The topological polar surface area (TPSA) is 94.0 Å². The summed E-state index contributed by atoms with van der Waals surface area (Å²) in [6.07, 6.45) is 3.96. The number of rotatable bonds is 12. The lowest BCUT2D eigenvalue weighted by Crippen LogP contribution is -2.45. The number of anilines is 4. The summed E-state index contributed by atoms with van der Waals surface area (Å²) in [4.78, 5) is 38.6. The van der Waals surface area contributed by atoms with Crippen molar-refractivity contribution in [1.29, 1.82) is 0 Å². The lowest BCUT2D eigenvalue weighted by Gasteiger charge is -2.42. The number of nitrogens with zero attached hydrogens (tertiary/aromatic N) is 6. The Labute approximate surface area is 329 Å². The Morgan fingerprint density at radius 2 is 0.778 bits per heavy atom. The van der Waals surface area contributed by atoms with Crippen LogP contribution in [0.2, 0.25) is 0 Å². The van der Waals surface area contributed by atoms with Crippen molar-refractivity contribution in [1.82, 2.24) is 19.6 Å². The van der Waals surface area contributed by atoms with Crippen LogP contribution in [0, 0.1) is 0 Å². The van der Waals surface area contributed by atoms with Crippen molar-refractivity contribution in [2.45, 2.75) is 44.8 Å². The number of carboxylic acids is 2. The van der Waals surface area contributed by atoms with Crippen molar-refractivity contribution in [3.05, 3.63) is 109 Å². The molecule has 54 heavy (non-hydrogen) atoms. The molecule has 288 valence electrons. The summed E-state index contributed by atoms with van der Waals surface area (Å²) in [5.41, 5.74) is 5.25. The molecule has 0 spiro atoms. The first-order valence-electron chi connectivity index (χ1n) is 17.8. The Bertz CT molecular complexity index is 1640. The number of aliphatic carboxylic acids is 2. The zero-order chi connectivity index (χ0) is 39.4. The van der Waals surface area contributed by atoms with E-state index in [1.807, 2.05) is 23.5 Å². The van der Waals surface area contributed by atoms with Gasteiger partial charge in [-0.1, -0.05) is 72.1 Å². The molecular weight excluding hydrogens is 717 g/mol. The summed E-state index contributed by atoms with van der Waals surface area (Å²) in [6, 6.07) is 34.9. The van der Waals surface area contributed by atoms with Gasteiger partial charge in [0, 0.05) is 44.8 Å². The second-order valence-electron chi connectivity index (χ2n) is 13.9. The zero-order valence-electron chi connectivity index (χ0n) is 32.6. The molecule has 2 unspecified atom stereocenters. The highest BCUT2D eigenvalue weighted by atomic mass is 32.2. The lowest BCUT2D eigenvalue weighted by atomic mass is 10.1. The Balaban J connectivity index is 0.000000201. The second-order valence-corrected chi connectivity index (χ2v) is 16.1. The minimum absolute atomic E-state index is 0.334. The molecular formula is C42H54N6O4S2. The highest BCUT2D eigenvalue weighted by Crippen LogP contribution is 2.50. The number of benzene rings is 4. The third-order valence-electron chi connectivity index (χ3n) is 8.76. The quantitative estimate of drug-likeness (QED) is 0.137. The number of carbonyl (C=O) groups is 2. The molecule has 2 N–H and O–H groups in total. The Morgan fingerprint density at radius 3 is 1.00 bits per heavy atom. The SMILES string of the molecule is CN(C)CCC(N(C)C)N1c2ccccc2Sc2ccccc21.CN(C)CCC(N(C)C)N1c2ccccc2Sc2ccccc21.O=C(O)C=CC(=O)O. The molecule has 0 bridgehead atoms. The van der Waals surface area contributed by atoms with Gasteiger partial charge in [-0.2, -0.15) is 0 Å². The van der Waals surface area contributed by atoms with Crippen LogP contribution in [0.5, 0.6) is 0 Å². The van der Waals surface area contributed by atoms with Gasteiger partial charge in [0.15, 0.2) is 0 Å². The number of para-hydroxylation sites is 4. The third-order valence-corrected chi connectivity index (χ3v) is 11.0. The first-order valence-corrected chi connectivity index (χ1v) is 19.5. The summed E-state index contributed by atoms with van der Waals surface area (Å²) in [6.45, 7) is 2.13. The minimum Gasteiger partial charge on any atom is -0.478 e. The molecule has 2 atom stereocenters. The van der Waals surface area contributed by atoms with Crippen LogP contribution in [0.3, 0.4) is 0 Å². The molecule has 4 aromatic rings. The van der Waals surface area contributed by atoms with Gasteiger partial charge in [-0.3, -0.25) is 9.80 Å². The van der Waals surface area contributed by atoms with E-state index in [1.54, 1.807) is 0 Å². The molecule has 12 heteroatoms. The second kappa shape index (κ2) is 20.4. The Morgan fingerprint density at radius 1 is 0.519 bits per heavy atom. The normalized spacial score (nSPS) is 14.0. The van der Waals surface area contributed by atoms with Gasteiger partial charge in [-0.15, -0.1) is 0 Å². The molecule has 0 amide bonds. The molecule has 0 aliphatic carbocycles. The average Bonchev–Trinajstić information content (AvgIpc) is 3.13. The fraction of sp³-hybridized carbons (Fsp3) is 0.333. The molecule has 0 aromatic heterocycles. The maximum Gasteiger partial charge on any atom is 0.328 e. The van der Waals surface area contributed by atoms with E-state index in [0.29, 0.717) is 24.5 Å². The van der Waals surface area contributed by atoms with Gasteiger partial charge >= 0.3 is 11.9 Å². The van der Waals surface area contributed by atoms with E-state index >= 15 is 0 Å².